The molecule has 2 rings (SSSR count). The van der Waals surface area contributed by atoms with Crippen LogP contribution in [-0.2, 0) is 16.6 Å². The standard InChI is InChI=1S/C18H22ClNO5S/c1-4-24-15-8-6-13(10-17(15)25-5-2)12-20-26(21,22)18-11-14(19)7-9-16(18)23-3/h6-11,20H,4-5,12H2,1-3H3. The summed E-state index contributed by atoms with van der Waals surface area (Å²) in [5, 5.41) is 0.311. The normalized spacial score (nSPS) is 11.2. The molecule has 0 aliphatic rings. The maximum Gasteiger partial charge on any atom is 0.244 e. The Morgan fingerprint density at radius 2 is 1.62 bits per heavy atom. The first-order valence-corrected chi connectivity index (χ1v) is 9.99. The van der Waals surface area contributed by atoms with Gasteiger partial charge in [0.05, 0.1) is 20.3 Å². The Labute approximate surface area is 159 Å². The second-order valence-electron chi connectivity index (χ2n) is 5.27. The largest absolute Gasteiger partial charge is 0.495 e. The highest BCUT2D eigenvalue weighted by molar-refractivity contribution is 7.89. The van der Waals surface area contributed by atoms with E-state index in [2.05, 4.69) is 4.72 Å². The molecule has 0 spiro atoms. The maximum absolute atomic E-state index is 12.6. The minimum atomic E-state index is -3.80. The second kappa shape index (κ2) is 9.12. The van der Waals surface area contributed by atoms with Gasteiger partial charge in [0.15, 0.2) is 11.5 Å². The minimum absolute atomic E-state index is 0.0107. The lowest BCUT2D eigenvalue weighted by Crippen LogP contribution is -2.23. The lowest BCUT2D eigenvalue weighted by Gasteiger charge is -2.14. The maximum atomic E-state index is 12.6. The topological polar surface area (TPSA) is 73.9 Å². The van der Waals surface area contributed by atoms with Crippen LogP contribution in [0.3, 0.4) is 0 Å². The van der Waals surface area contributed by atoms with Crippen LogP contribution in [0.2, 0.25) is 5.02 Å². The SMILES string of the molecule is CCOc1ccc(CNS(=O)(=O)c2cc(Cl)ccc2OC)cc1OCC. The van der Waals surface area contributed by atoms with Crippen LogP contribution in [0.1, 0.15) is 19.4 Å². The summed E-state index contributed by atoms with van der Waals surface area (Å²) < 4.78 is 44.0. The van der Waals surface area contributed by atoms with Crippen molar-refractivity contribution >= 4 is 21.6 Å². The molecule has 0 aromatic heterocycles. The first-order valence-electron chi connectivity index (χ1n) is 8.13. The Morgan fingerprint density at radius 1 is 0.962 bits per heavy atom. The van der Waals surface area contributed by atoms with Gasteiger partial charge in [0.2, 0.25) is 10.0 Å². The highest BCUT2D eigenvalue weighted by Crippen LogP contribution is 2.30. The molecule has 26 heavy (non-hydrogen) atoms. The van der Waals surface area contributed by atoms with Crippen molar-refractivity contribution in [1.82, 2.24) is 4.72 Å². The zero-order chi connectivity index (χ0) is 19.2. The van der Waals surface area contributed by atoms with Crippen LogP contribution < -0.4 is 18.9 Å². The van der Waals surface area contributed by atoms with Gasteiger partial charge in [0, 0.05) is 11.6 Å². The molecule has 0 fully saturated rings. The second-order valence-corrected chi connectivity index (χ2v) is 7.44. The Bertz CT molecular complexity index is 855. The lowest BCUT2D eigenvalue weighted by molar-refractivity contribution is 0.287. The zero-order valence-electron chi connectivity index (χ0n) is 14.9. The Hall–Kier alpha value is -1.96. The highest BCUT2D eigenvalue weighted by atomic mass is 35.5. The molecule has 0 bridgehead atoms. The number of ether oxygens (including phenoxy) is 3. The monoisotopic (exact) mass is 399 g/mol. The number of rotatable bonds is 9. The van der Waals surface area contributed by atoms with E-state index < -0.39 is 10.0 Å². The van der Waals surface area contributed by atoms with Crippen molar-refractivity contribution in [3.8, 4) is 17.2 Å². The van der Waals surface area contributed by atoms with Crippen molar-refractivity contribution in [3.63, 3.8) is 0 Å². The van der Waals surface area contributed by atoms with E-state index in [0.29, 0.717) is 29.7 Å². The van der Waals surface area contributed by atoms with E-state index in [-0.39, 0.29) is 17.2 Å². The minimum Gasteiger partial charge on any atom is -0.495 e. The summed E-state index contributed by atoms with van der Waals surface area (Å²) in [4.78, 5) is -0.0107. The van der Waals surface area contributed by atoms with Gasteiger partial charge in [-0.3, -0.25) is 0 Å². The number of halogens is 1. The van der Waals surface area contributed by atoms with Gasteiger partial charge in [-0.25, -0.2) is 13.1 Å². The van der Waals surface area contributed by atoms with Crippen molar-refractivity contribution in [2.75, 3.05) is 20.3 Å². The van der Waals surface area contributed by atoms with Gasteiger partial charge in [-0.05, 0) is 49.7 Å². The number of methoxy groups -OCH3 is 1. The van der Waals surface area contributed by atoms with Crippen molar-refractivity contribution in [3.05, 3.63) is 47.0 Å². The van der Waals surface area contributed by atoms with Crippen molar-refractivity contribution < 1.29 is 22.6 Å². The fraction of sp³-hybridized carbons (Fsp3) is 0.333. The van der Waals surface area contributed by atoms with E-state index in [1.54, 1.807) is 24.3 Å². The molecule has 0 atom stereocenters. The van der Waals surface area contributed by atoms with E-state index in [1.165, 1.54) is 19.2 Å². The molecule has 0 heterocycles. The Kier molecular flexibility index (Phi) is 7.14. The number of sulfonamides is 1. The zero-order valence-corrected chi connectivity index (χ0v) is 16.5. The first-order chi connectivity index (χ1) is 12.4. The van der Waals surface area contributed by atoms with Crippen LogP contribution in [-0.4, -0.2) is 28.7 Å². The molecule has 2 aromatic carbocycles. The molecule has 142 valence electrons. The Morgan fingerprint density at radius 3 is 2.27 bits per heavy atom. The van der Waals surface area contributed by atoms with Crippen molar-refractivity contribution in [1.29, 1.82) is 0 Å². The highest BCUT2D eigenvalue weighted by Gasteiger charge is 2.20. The van der Waals surface area contributed by atoms with Crippen LogP contribution in [0.4, 0.5) is 0 Å². The first kappa shape index (κ1) is 20.4. The molecule has 0 aliphatic carbocycles. The Balaban J connectivity index is 2.22. The van der Waals surface area contributed by atoms with Gasteiger partial charge in [0.1, 0.15) is 10.6 Å². The van der Waals surface area contributed by atoms with E-state index in [0.717, 1.165) is 5.56 Å². The third kappa shape index (κ3) is 5.03. The molecule has 6 nitrogen and oxygen atoms in total. The van der Waals surface area contributed by atoms with Gasteiger partial charge in [0.25, 0.3) is 0 Å². The summed E-state index contributed by atoms with van der Waals surface area (Å²) in [6, 6.07) is 9.74. The molecule has 0 amide bonds. The molecular formula is C18H22ClNO5S. The molecule has 1 N–H and O–H groups in total. The number of benzene rings is 2. The van der Waals surface area contributed by atoms with E-state index in [9.17, 15) is 8.42 Å². The molecule has 0 saturated carbocycles. The quantitative estimate of drug-likeness (QED) is 0.697. The number of nitrogens with one attached hydrogen (secondary N) is 1. The van der Waals surface area contributed by atoms with Gasteiger partial charge < -0.3 is 14.2 Å². The van der Waals surface area contributed by atoms with Crippen LogP contribution in [0.15, 0.2) is 41.3 Å². The van der Waals surface area contributed by atoms with E-state index in [1.807, 2.05) is 13.8 Å². The molecule has 0 aliphatic heterocycles. The molecular weight excluding hydrogens is 378 g/mol. The predicted octanol–water partition coefficient (Wildman–Crippen LogP) is 3.62. The third-order valence-corrected chi connectivity index (χ3v) is 5.15. The molecule has 0 saturated heterocycles. The summed E-state index contributed by atoms with van der Waals surface area (Å²) in [5.74, 6) is 1.42. The summed E-state index contributed by atoms with van der Waals surface area (Å²) in [6.07, 6.45) is 0. The smallest absolute Gasteiger partial charge is 0.244 e. The van der Waals surface area contributed by atoms with Crippen LogP contribution in [0.5, 0.6) is 17.2 Å². The lowest BCUT2D eigenvalue weighted by atomic mass is 10.2. The van der Waals surface area contributed by atoms with Gasteiger partial charge in [-0.15, -0.1) is 0 Å². The molecule has 0 unspecified atom stereocenters. The summed E-state index contributed by atoms with van der Waals surface area (Å²) >= 11 is 5.92. The average molecular weight is 400 g/mol. The van der Waals surface area contributed by atoms with Crippen molar-refractivity contribution in [2.24, 2.45) is 0 Å². The van der Waals surface area contributed by atoms with E-state index in [4.69, 9.17) is 25.8 Å². The molecule has 8 heteroatoms. The fourth-order valence-corrected chi connectivity index (χ4v) is 3.77. The summed E-state index contributed by atoms with van der Waals surface area (Å²) in [5.41, 5.74) is 0.737. The van der Waals surface area contributed by atoms with E-state index >= 15 is 0 Å². The van der Waals surface area contributed by atoms with Gasteiger partial charge in [-0.2, -0.15) is 0 Å². The van der Waals surface area contributed by atoms with Crippen molar-refractivity contribution in [2.45, 2.75) is 25.3 Å². The van der Waals surface area contributed by atoms with Crippen LogP contribution >= 0.6 is 11.6 Å². The average Bonchev–Trinajstić information content (AvgIpc) is 2.62. The molecule has 2 aromatic rings. The number of hydrogen-bond acceptors (Lipinski definition) is 5. The summed E-state index contributed by atoms with van der Waals surface area (Å²) in [7, 11) is -2.39. The predicted molar refractivity (Wildman–Crippen MR) is 101 cm³/mol. The third-order valence-electron chi connectivity index (χ3n) is 3.49. The fourth-order valence-electron chi connectivity index (χ4n) is 2.32. The van der Waals surface area contributed by atoms with Gasteiger partial charge >= 0.3 is 0 Å². The van der Waals surface area contributed by atoms with Crippen LogP contribution in [0.25, 0.3) is 0 Å². The summed E-state index contributed by atoms with van der Waals surface area (Å²) in [6.45, 7) is 4.84. The van der Waals surface area contributed by atoms with Gasteiger partial charge in [-0.1, -0.05) is 17.7 Å². The number of hydrogen-bond donors (Lipinski definition) is 1. The molecule has 0 radical (unpaired) electrons. The van der Waals surface area contributed by atoms with Crippen LogP contribution in [0, 0.1) is 0 Å².